The molecule has 1 saturated heterocycles. The van der Waals surface area contributed by atoms with Crippen molar-refractivity contribution in [1.82, 2.24) is 15.1 Å². The molecule has 2 rings (SSSR count). The summed E-state index contributed by atoms with van der Waals surface area (Å²) in [4.78, 5) is 4.87. The van der Waals surface area contributed by atoms with Crippen molar-refractivity contribution in [3.63, 3.8) is 0 Å². The maximum Gasteiger partial charge on any atom is 0.120 e. The molecule has 0 bridgehead atoms. The molecule has 1 N–H and O–H groups in total. The highest BCUT2D eigenvalue weighted by Crippen LogP contribution is 2.21. The second-order valence-electron chi connectivity index (χ2n) is 7.81. The average molecular weight is 319 g/mol. The second kappa shape index (κ2) is 7.65. The monoisotopic (exact) mass is 319 g/mol. The van der Waals surface area contributed by atoms with Gasteiger partial charge in [-0.3, -0.25) is 4.90 Å². The van der Waals surface area contributed by atoms with E-state index in [1.807, 2.05) is 0 Å². The van der Waals surface area contributed by atoms with Crippen molar-refractivity contribution in [3.05, 3.63) is 29.8 Å². The lowest BCUT2D eigenvalue weighted by Gasteiger charge is -2.38. The number of likely N-dealkylation sites (N-methyl/N-ethyl adjacent to an activating group) is 2. The van der Waals surface area contributed by atoms with Crippen LogP contribution in [0.25, 0.3) is 0 Å². The lowest BCUT2D eigenvalue weighted by molar-refractivity contribution is 0.112. The van der Waals surface area contributed by atoms with E-state index >= 15 is 0 Å². The molecule has 0 aromatic heterocycles. The van der Waals surface area contributed by atoms with E-state index in [1.165, 1.54) is 5.56 Å². The number of piperazine rings is 1. The van der Waals surface area contributed by atoms with Gasteiger partial charge in [0.15, 0.2) is 0 Å². The molecule has 1 aromatic rings. The van der Waals surface area contributed by atoms with Gasteiger partial charge in [-0.05, 0) is 59.5 Å². The van der Waals surface area contributed by atoms with Crippen molar-refractivity contribution < 1.29 is 4.74 Å². The molecule has 0 amide bonds. The Bertz CT molecular complexity index is 480. The van der Waals surface area contributed by atoms with E-state index in [1.54, 1.807) is 0 Å². The summed E-state index contributed by atoms with van der Waals surface area (Å²) in [5.74, 6) is 0.932. The van der Waals surface area contributed by atoms with Crippen molar-refractivity contribution in [3.8, 4) is 5.75 Å². The number of ether oxygens (including phenoxy) is 1. The Morgan fingerprint density at radius 1 is 1.17 bits per heavy atom. The Balaban J connectivity index is 1.86. The zero-order valence-corrected chi connectivity index (χ0v) is 15.6. The predicted molar refractivity (Wildman–Crippen MR) is 97.2 cm³/mol. The molecule has 0 saturated carbocycles. The molecule has 0 radical (unpaired) electrons. The Labute approximate surface area is 141 Å². The number of hydrogen-bond acceptors (Lipinski definition) is 4. The van der Waals surface area contributed by atoms with E-state index in [-0.39, 0.29) is 5.60 Å². The van der Waals surface area contributed by atoms with Crippen LogP contribution in [-0.2, 0) is 0 Å². The normalized spacial score (nSPS) is 22.1. The molecule has 1 fully saturated rings. The molecule has 0 aliphatic carbocycles. The molecule has 1 aliphatic rings. The molecule has 4 heteroatoms. The van der Waals surface area contributed by atoms with Crippen LogP contribution in [0.15, 0.2) is 24.3 Å². The van der Waals surface area contributed by atoms with Crippen molar-refractivity contribution >= 4 is 0 Å². The molecule has 4 nitrogen and oxygen atoms in total. The molecule has 1 heterocycles. The largest absolute Gasteiger partial charge is 0.488 e. The first-order chi connectivity index (χ1) is 10.7. The third-order valence-electron chi connectivity index (χ3n) is 4.44. The number of rotatable bonds is 5. The third kappa shape index (κ3) is 5.79. The summed E-state index contributed by atoms with van der Waals surface area (Å²) in [5.41, 5.74) is 1.15. The average Bonchev–Trinajstić information content (AvgIpc) is 2.47. The van der Waals surface area contributed by atoms with Gasteiger partial charge in [-0.1, -0.05) is 12.1 Å². The summed E-state index contributed by atoms with van der Waals surface area (Å²) in [6.07, 6.45) is 0. The minimum atomic E-state index is -0.150. The van der Waals surface area contributed by atoms with E-state index in [0.717, 1.165) is 31.9 Å². The van der Waals surface area contributed by atoms with Gasteiger partial charge in [0.2, 0.25) is 0 Å². The first-order valence-electron chi connectivity index (χ1n) is 8.66. The van der Waals surface area contributed by atoms with E-state index < -0.39 is 0 Å². The zero-order chi connectivity index (χ0) is 17.0. The van der Waals surface area contributed by atoms with Crippen LogP contribution in [-0.4, -0.2) is 61.7 Å². The number of nitrogens with one attached hydrogen (secondary N) is 1. The number of hydrogen-bond donors (Lipinski definition) is 1. The topological polar surface area (TPSA) is 27.7 Å². The van der Waals surface area contributed by atoms with E-state index in [2.05, 4.69) is 81.2 Å². The lowest BCUT2D eigenvalue weighted by atomic mass is 10.1. The summed E-state index contributed by atoms with van der Waals surface area (Å²) in [7, 11) is 4.43. The summed E-state index contributed by atoms with van der Waals surface area (Å²) in [6.45, 7) is 12.9. The van der Waals surface area contributed by atoms with Gasteiger partial charge in [-0.15, -0.1) is 0 Å². The van der Waals surface area contributed by atoms with E-state index in [9.17, 15) is 0 Å². The quantitative estimate of drug-likeness (QED) is 0.903. The fourth-order valence-electron chi connectivity index (χ4n) is 2.93. The summed E-state index contributed by atoms with van der Waals surface area (Å²) < 4.78 is 5.88. The van der Waals surface area contributed by atoms with Crippen LogP contribution in [0.1, 0.15) is 39.3 Å². The third-order valence-corrected chi connectivity index (χ3v) is 4.44. The highest BCUT2D eigenvalue weighted by molar-refractivity contribution is 5.29. The minimum Gasteiger partial charge on any atom is -0.488 e. The summed E-state index contributed by atoms with van der Waals surface area (Å²) >= 11 is 0. The van der Waals surface area contributed by atoms with E-state index in [0.29, 0.717) is 12.1 Å². The number of benzene rings is 1. The smallest absolute Gasteiger partial charge is 0.120 e. The van der Waals surface area contributed by atoms with Crippen LogP contribution in [0.3, 0.4) is 0 Å². The zero-order valence-electron chi connectivity index (χ0n) is 15.6. The second-order valence-corrected chi connectivity index (χ2v) is 7.81. The van der Waals surface area contributed by atoms with Crippen LogP contribution in [0, 0.1) is 0 Å². The van der Waals surface area contributed by atoms with Crippen LogP contribution >= 0.6 is 0 Å². The Hall–Kier alpha value is -1.10. The van der Waals surface area contributed by atoms with Crippen LogP contribution < -0.4 is 10.1 Å². The molecular weight excluding hydrogens is 286 g/mol. The van der Waals surface area contributed by atoms with Crippen molar-refractivity contribution in [2.45, 2.75) is 45.4 Å². The first kappa shape index (κ1) is 18.2. The number of nitrogens with zero attached hydrogens (tertiary/aromatic N) is 2. The molecular formula is C19H33N3O. The molecule has 0 unspecified atom stereocenters. The standard InChI is InChI=1S/C19H33N3O/c1-15(20-13-17-14-21(5)11-12-22(17)6)16-7-9-18(10-8-16)23-19(2,3)4/h7-10,15,17,20H,11-14H2,1-6H3/t15-,17-/m0/s1. The SMILES string of the molecule is C[C@H](NC[C@H]1CN(C)CCN1C)c1ccc(OC(C)(C)C)cc1. The molecule has 130 valence electrons. The molecule has 2 atom stereocenters. The summed E-state index contributed by atoms with van der Waals surface area (Å²) in [6, 6.07) is 9.39. The Kier molecular flexibility index (Phi) is 6.06. The lowest BCUT2D eigenvalue weighted by Crippen LogP contribution is -2.53. The molecule has 23 heavy (non-hydrogen) atoms. The van der Waals surface area contributed by atoms with Gasteiger partial charge in [0.25, 0.3) is 0 Å². The van der Waals surface area contributed by atoms with Crippen molar-refractivity contribution in [1.29, 1.82) is 0 Å². The molecule has 0 spiro atoms. The van der Waals surface area contributed by atoms with Crippen molar-refractivity contribution in [2.24, 2.45) is 0 Å². The maximum absolute atomic E-state index is 5.88. The van der Waals surface area contributed by atoms with Crippen molar-refractivity contribution in [2.75, 3.05) is 40.3 Å². The van der Waals surface area contributed by atoms with Gasteiger partial charge < -0.3 is 15.0 Å². The first-order valence-corrected chi connectivity index (χ1v) is 8.66. The molecule has 1 aromatic carbocycles. The van der Waals surface area contributed by atoms with Gasteiger partial charge in [-0.2, -0.15) is 0 Å². The maximum atomic E-state index is 5.88. The predicted octanol–water partition coefficient (Wildman–Crippen LogP) is 2.76. The van der Waals surface area contributed by atoms with Crippen LogP contribution in [0.5, 0.6) is 5.75 Å². The highest BCUT2D eigenvalue weighted by atomic mass is 16.5. The Morgan fingerprint density at radius 2 is 1.83 bits per heavy atom. The minimum absolute atomic E-state index is 0.150. The van der Waals surface area contributed by atoms with Crippen LogP contribution in [0.2, 0.25) is 0 Å². The fourth-order valence-corrected chi connectivity index (χ4v) is 2.93. The molecule has 1 aliphatic heterocycles. The van der Waals surface area contributed by atoms with Gasteiger partial charge in [0.05, 0.1) is 0 Å². The van der Waals surface area contributed by atoms with Gasteiger partial charge in [0.1, 0.15) is 11.4 Å². The summed E-state index contributed by atoms with van der Waals surface area (Å²) in [5, 5.41) is 3.68. The van der Waals surface area contributed by atoms with Gasteiger partial charge in [-0.25, -0.2) is 0 Å². The van der Waals surface area contributed by atoms with Gasteiger partial charge >= 0.3 is 0 Å². The fraction of sp³-hybridized carbons (Fsp3) is 0.684. The van der Waals surface area contributed by atoms with E-state index in [4.69, 9.17) is 4.74 Å². The highest BCUT2D eigenvalue weighted by Gasteiger charge is 2.22. The van der Waals surface area contributed by atoms with Crippen LogP contribution in [0.4, 0.5) is 0 Å². The van der Waals surface area contributed by atoms with Gasteiger partial charge in [0, 0.05) is 38.3 Å². The Morgan fingerprint density at radius 3 is 2.43 bits per heavy atom.